The lowest BCUT2D eigenvalue weighted by Gasteiger charge is -2.25. The number of amides is 1. The lowest BCUT2D eigenvalue weighted by molar-refractivity contribution is -0.143. The predicted octanol–water partition coefficient (Wildman–Crippen LogP) is 1.40. The van der Waals surface area contributed by atoms with Crippen LogP contribution in [-0.4, -0.2) is 29.6 Å². The number of nitrogen functional groups attached to an aromatic ring is 1. The fourth-order valence-corrected chi connectivity index (χ4v) is 1.53. The van der Waals surface area contributed by atoms with Gasteiger partial charge in [0.25, 0.3) is 5.91 Å². The van der Waals surface area contributed by atoms with Crippen LogP contribution in [0.2, 0.25) is 0 Å². The van der Waals surface area contributed by atoms with E-state index >= 15 is 0 Å². The van der Waals surface area contributed by atoms with Gasteiger partial charge in [0.2, 0.25) is 0 Å². The molecule has 0 saturated carbocycles. The second kappa shape index (κ2) is 5.77. The molecule has 4 N–H and O–H groups in total. The molecule has 20 heavy (non-hydrogen) atoms. The SMILES string of the molecule is CCC(C)(NC(=O)c1cc(F)c(N)cc1OC)C(=O)O. The minimum Gasteiger partial charge on any atom is -0.496 e. The Morgan fingerprint density at radius 1 is 1.50 bits per heavy atom. The number of hydrogen-bond acceptors (Lipinski definition) is 4. The Morgan fingerprint density at radius 2 is 2.10 bits per heavy atom. The molecule has 1 rings (SSSR count). The standard InChI is InChI=1S/C13H17FN2O4/c1-4-13(2,12(18)19)16-11(17)7-5-8(14)9(15)6-10(7)20-3/h5-6H,4,15H2,1-3H3,(H,16,17)(H,18,19). The molecule has 0 aliphatic carbocycles. The van der Waals surface area contributed by atoms with Crippen molar-refractivity contribution in [3.63, 3.8) is 0 Å². The van der Waals surface area contributed by atoms with Crippen LogP contribution in [0.15, 0.2) is 12.1 Å². The van der Waals surface area contributed by atoms with Crippen LogP contribution in [-0.2, 0) is 4.79 Å². The molecule has 0 fully saturated rings. The molecule has 1 atom stereocenters. The predicted molar refractivity (Wildman–Crippen MR) is 71.2 cm³/mol. The van der Waals surface area contributed by atoms with Gasteiger partial charge in [-0.3, -0.25) is 4.79 Å². The summed E-state index contributed by atoms with van der Waals surface area (Å²) in [4.78, 5) is 23.3. The van der Waals surface area contributed by atoms with E-state index < -0.39 is 23.2 Å². The number of anilines is 1. The molecule has 0 aliphatic heterocycles. The number of carbonyl (C=O) groups is 2. The van der Waals surface area contributed by atoms with Crippen molar-refractivity contribution in [3.05, 3.63) is 23.5 Å². The summed E-state index contributed by atoms with van der Waals surface area (Å²) in [6.07, 6.45) is 0.174. The first-order chi connectivity index (χ1) is 9.25. The number of hydrogen-bond donors (Lipinski definition) is 3. The molecule has 0 heterocycles. The van der Waals surface area contributed by atoms with Gasteiger partial charge in [0.05, 0.1) is 18.4 Å². The zero-order chi connectivity index (χ0) is 15.5. The van der Waals surface area contributed by atoms with E-state index in [1.807, 2.05) is 0 Å². The lowest BCUT2D eigenvalue weighted by Crippen LogP contribution is -2.51. The molecule has 7 heteroatoms. The van der Waals surface area contributed by atoms with Gasteiger partial charge in [0, 0.05) is 6.07 Å². The maximum Gasteiger partial charge on any atom is 0.329 e. The molecule has 0 radical (unpaired) electrons. The molecule has 1 unspecified atom stereocenters. The first-order valence-electron chi connectivity index (χ1n) is 5.94. The Labute approximate surface area is 115 Å². The highest BCUT2D eigenvalue weighted by Crippen LogP contribution is 2.25. The number of halogens is 1. The van der Waals surface area contributed by atoms with E-state index in [4.69, 9.17) is 15.6 Å². The Bertz CT molecular complexity index is 547. The van der Waals surface area contributed by atoms with E-state index in [1.54, 1.807) is 6.92 Å². The highest BCUT2D eigenvalue weighted by atomic mass is 19.1. The highest BCUT2D eigenvalue weighted by Gasteiger charge is 2.33. The van der Waals surface area contributed by atoms with Gasteiger partial charge in [-0.25, -0.2) is 9.18 Å². The van der Waals surface area contributed by atoms with E-state index in [9.17, 15) is 14.0 Å². The third kappa shape index (κ3) is 2.98. The van der Waals surface area contributed by atoms with Crippen LogP contribution in [0.1, 0.15) is 30.6 Å². The minimum atomic E-state index is -1.44. The zero-order valence-electron chi connectivity index (χ0n) is 11.5. The van der Waals surface area contributed by atoms with E-state index in [2.05, 4.69) is 5.32 Å². The normalized spacial score (nSPS) is 13.4. The first kappa shape index (κ1) is 15.7. The number of ether oxygens (including phenoxy) is 1. The van der Waals surface area contributed by atoms with Crippen molar-refractivity contribution < 1.29 is 23.8 Å². The first-order valence-corrected chi connectivity index (χ1v) is 5.94. The van der Waals surface area contributed by atoms with Crippen molar-refractivity contribution in [3.8, 4) is 5.75 Å². The number of nitrogens with one attached hydrogen (secondary N) is 1. The number of carboxylic acids is 1. The fraction of sp³-hybridized carbons (Fsp3) is 0.385. The van der Waals surface area contributed by atoms with Crippen LogP contribution in [0.5, 0.6) is 5.75 Å². The summed E-state index contributed by atoms with van der Waals surface area (Å²) in [6.45, 7) is 2.99. The highest BCUT2D eigenvalue weighted by molar-refractivity contribution is 6.00. The molecule has 0 spiro atoms. The summed E-state index contributed by atoms with van der Waals surface area (Å²) in [7, 11) is 1.31. The fourth-order valence-electron chi connectivity index (χ4n) is 1.53. The van der Waals surface area contributed by atoms with Crippen molar-refractivity contribution in [1.82, 2.24) is 5.32 Å². The van der Waals surface area contributed by atoms with Gasteiger partial charge in [0.1, 0.15) is 17.1 Å². The molecule has 0 bridgehead atoms. The second-order valence-electron chi connectivity index (χ2n) is 4.52. The van der Waals surface area contributed by atoms with Crippen molar-refractivity contribution in [2.45, 2.75) is 25.8 Å². The third-order valence-corrected chi connectivity index (χ3v) is 3.13. The quantitative estimate of drug-likeness (QED) is 0.709. The molecular weight excluding hydrogens is 267 g/mol. The number of benzene rings is 1. The molecule has 110 valence electrons. The van der Waals surface area contributed by atoms with Crippen LogP contribution >= 0.6 is 0 Å². The maximum atomic E-state index is 13.5. The Kier molecular flexibility index (Phi) is 4.54. The zero-order valence-corrected chi connectivity index (χ0v) is 11.5. The van der Waals surface area contributed by atoms with E-state index in [0.717, 1.165) is 6.07 Å². The van der Waals surface area contributed by atoms with Crippen LogP contribution in [0.25, 0.3) is 0 Å². The molecule has 0 aromatic heterocycles. The van der Waals surface area contributed by atoms with E-state index in [-0.39, 0.29) is 23.4 Å². The molecule has 6 nitrogen and oxygen atoms in total. The number of carbonyl (C=O) groups excluding carboxylic acids is 1. The largest absolute Gasteiger partial charge is 0.496 e. The third-order valence-electron chi connectivity index (χ3n) is 3.13. The van der Waals surface area contributed by atoms with Gasteiger partial charge >= 0.3 is 5.97 Å². The number of methoxy groups -OCH3 is 1. The van der Waals surface area contributed by atoms with Gasteiger partial charge in [-0.05, 0) is 19.4 Å². The molecular formula is C13H17FN2O4. The van der Waals surface area contributed by atoms with Crippen LogP contribution in [0, 0.1) is 5.82 Å². The number of rotatable bonds is 5. The van der Waals surface area contributed by atoms with Crippen LogP contribution in [0.3, 0.4) is 0 Å². The summed E-state index contributed by atoms with van der Waals surface area (Å²) < 4.78 is 18.4. The van der Waals surface area contributed by atoms with Gasteiger partial charge in [-0.2, -0.15) is 0 Å². The summed E-state index contributed by atoms with van der Waals surface area (Å²) in [5.74, 6) is -2.62. The topological polar surface area (TPSA) is 102 Å². The summed E-state index contributed by atoms with van der Waals surface area (Å²) in [5.41, 5.74) is 3.67. The van der Waals surface area contributed by atoms with Gasteiger partial charge in [-0.15, -0.1) is 0 Å². The average Bonchev–Trinajstić information content (AvgIpc) is 2.40. The molecule has 1 amide bonds. The number of carboxylic acid groups (broad SMARTS) is 1. The smallest absolute Gasteiger partial charge is 0.329 e. The number of aliphatic carboxylic acids is 1. The van der Waals surface area contributed by atoms with E-state index in [1.165, 1.54) is 20.1 Å². The number of nitrogens with two attached hydrogens (primary N) is 1. The minimum absolute atomic E-state index is 0.0743. The van der Waals surface area contributed by atoms with Gasteiger partial charge in [0.15, 0.2) is 0 Å². The monoisotopic (exact) mass is 284 g/mol. The molecule has 1 aromatic rings. The van der Waals surface area contributed by atoms with Gasteiger partial charge < -0.3 is 20.9 Å². The van der Waals surface area contributed by atoms with Crippen molar-refractivity contribution in [1.29, 1.82) is 0 Å². The Morgan fingerprint density at radius 3 is 2.55 bits per heavy atom. The lowest BCUT2D eigenvalue weighted by atomic mass is 9.98. The summed E-state index contributed by atoms with van der Waals surface area (Å²) >= 11 is 0. The Hall–Kier alpha value is -2.31. The van der Waals surface area contributed by atoms with Crippen molar-refractivity contribution >= 4 is 17.6 Å². The van der Waals surface area contributed by atoms with Crippen molar-refractivity contribution in [2.75, 3.05) is 12.8 Å². The molecule has 0 aliphatic rings. The summed E-state index contributed by atoms with van der Waals surface area (Å²) in [5, 5.41) is 11.5. The van der Waals surface area contributed by atoms with E-state index in [0.29, 0.717) is 0 Å². The Balaban J connectivity index is 3.15. The van der Waals surface area contributed by atoms with Crippen molar-refractivity contribution in [2.24, 2.45) is 0 Å². The van der Waals surface area contributed by atoms with Gasteiger partial charge in [-0.1, -0.05) is 6.92 Å². The maximum absolute atomic E-state index is 13.5. The van der Waals surface area contributed by atoms with Crippen LogP contribution < -0.4 is 15.8 Å². The average molecular weight is 284 g/mol. The molecule has 1 aromatic carbocycles. The second-order valence-corrected chi connectivity index (χ2v) is 4.52. The summed E-state index contributed by atoms with van der Waals surface area (Å²) in [6, 6.07) is 2.09. The molecule has 0 saturated heterocycles. The van der Waals surface area contributed by atoms with Crippen LogP contribution in [0.4, 0.5) is 10.1 Å².